The molecular weight excluding hydrogens is 328 g/mol. The first-order valence-corrected chi connectivity index (χ1v) is 8.56. The predicted molar refractivity (Wildman–Crippen MR) is 91.4 cm³/mol. The van der Waals surface area contributed by atoms with Crippen LogP contribution < -0.4 is 9.77 Å². The van der Waals surface area contributed by atoms with Gasteiger partial charge in [-0.1, -0.05) is 29.5 Å². The molecule has 0 spiro atoms. The summed E-state index contributed by atoms with van der Waals surface area (Å²) in [5, 5.41) is 1.68. The molecule has 7 heteroatoms. The van der Waals surface area contributed by atoms with E-state index in [1.165, 1.54) is 4.57 Å². The number of nitrogens with zero attached hydrogens (tertiary/aromatic N) is 2. The Morgan fingerprint density at radius 3 is 2.79 bits per heavy atom. The standard InChI is InChI=1S/C17H18N2O4S/c1-11-7-13-5-3-4-6-14(13)19(11)15(20)9-23-16(21)8-18-12(2)10-24-17(18)22/h3-6,10-11H,7-9H2,1-2H3/t11-/m0/s1. The van der Waals surface area contributed by atoms with E-state index >= 15 is 0 Å². The molecule has 2 aromatic rings. The molecule has 0 fully saturated rings. The van der Waals surface area contributed by atoms with Gasteiger partial charge >= 0.3 is 10.8 Å². The van der Waals surface area contributed by atoms with Gasteiger partial charge in [-0.2, -0.15) is 0 Å². The van der Waals surface area contributed by atoms with Crippen molar-refractivity contribution in [2.45, 2.75) is 32.9 Å². The molecule has 0 aliphatic carbocycles. The molecule has 24 heavy (non-hydrogen) atoms. The van der Waals surface area contributed by atoms with Crippen LogP contribution in [0.25, 0.3) is 0 Å². The molecule has 1 aromatic carbocycles. The summed E-state index contributed by atoms with van der Waals surface area (Å²) in [4.78, 5) is 37.4. The summed E-state index contributed by atoms with van der Waals surface area (Å²) in [5.41, 5.74) is 2.69. The number of thiazole rings is 1. The van der Waals surface area contributed by atoms with Gasteiger partial charge in [0.15, 0.2) is 6.61 Å². The van der Waals surface area contributed by atoms with Gasteiger partial charge in [0.05, 0.1) is 0 Å². The van der Waals surface area contributed by atoms with Gasteiger partial charge in [0.25, 0.3) is 5.91 Å². The summed E-state index contributed by atoms with van der Waals surface area (Å²) in [6, 6.07) is 7.76. The summed E-state index contributed by atoms with van der Waals surface area (Å²) in [5.74, 6) is -0.845. The highest BCUT2D eigenvalue weighted by molar-refractivity contribution is 7.07. The number of aryl methyl sites for hydroxylation is 1. The average molecular weight is 346 g/mol. The van der Waals surface area contributed by atoms with Crippen LogP contribution in [0.3, 0.4) is 0 Å². The van der Waals surface area contributed by atoms with Crippen LogP contribution in [0.1, 0.15) is 18.2 Å². The van der Waals surface area contributed by atoms with Crippen molar-refractivity contribution in [2.75, 3.05) is 11.5 Å². The molecule has 1 aliphatic rings. The zero-order valence-electron chi connectivity index (χ0n) is 13.5. The molecule has 0 radical (unpaired) electrons. The minimum Gasteiger partial charge on any atom is -0.454 e. The number of carbonyl (C=O) groups is 2. The van der Waals surface area contributed by atoms with E-state index in [2.05, 4.69) is 0 Å². The lowest BCUT2D eigenvalue weighted by Crippen LogP contribution is -2.39. The van der Waals surface area contributed by atoms with E-state index in [4.69, 9.17) is 4.74 Å². The number of aromatic nitrogens is 1. The predicted octanol–water partition coefficient (Wildman–Crippen LogP) is 1.74. The Labute approximate surface area is 143 Å². The van der Waals surface area contributed by atoms with Crippen LogP contribution in [-0.4, -0.2) is 29.1 Å². The van der Waals surface area contributed by atoms with Crippen LogP contribution in [0.2, 0.25) is 0 Å². The van der Waals surface area contributed by atoms with Gasteiger partial charge in [-0.25, -0.2) is 0 Å². The lowest BCUT2D eigenvalue weighted by atomic mass is 10.1. The Morgan fingerprint density at radius 1 is 1.33 bits per heavy atom. The van der Waals surface area contributed by atoms with E-state index in [9.17, 15) is 14.4 Å². The summed E-state index contributed by atoms with van der Waals surface area (Å²) in [6.45, 7) is 3.22. The Balaban J connectivity index is 1.62. The highest BCUT2D eigenvalue weighted by Gasteiger charge is 2.30. The van der Waals surface area contributed by atoms with E-state index in [-0.39, 0.29) is 30.0 Å². The molecule has 0 saturated carbocycles. The molecule has 0 unspecified atom stereocenters. The molecule has 0 saturated heterocycles. The van der Waals surface area contributed by atoms with E-state index in [0.717, 1.165) is 29.0 Å². The third-order valence-corrected chi connectivity index (χ3v) is 4.98. The Bertz CT molecular complexity index is 839. The maximum absolute atomic E-state index is 12.4. The number of anilines is 1. The number of hydrogen-bond donors (Lipinski definition) is 0. The molecule has 0 N–H and O–H groups in total. The number of benzene rings is 1. The topological polar surface area (TPSA) is 68.6 Å². The van der Waals surface area contributed by atoms with Crippen molar-refractivity contribution >= 4 is 28.9 Å². The largest absolute Gasteiger partial charge is 0.454 e. The van der Waals surface area contributed by atoms with E-state index in [1.54, 1.807) is 17.2 Å². The summed E-state index contributed by atoms with van der Waals surface area (Å²) in [6.07, 6.45) is 0.791. The highest BCUT2D eigenvalue weighted by Crippen LogP contribution is 2.31. The van der Waals surface area contributed by atoms with Gasteiger partial charge in [-0.3, -0.25) is 19.0 Å². The van der Waals surface area contributed by atoms with Gasteiger partial charge in [-0.15, -0.1) is 0 Å². The van der Waals surface area contributed by atoms with Crippen molar-refractivity contribution in [3.8, 4) is 0 Å². The van der Waals surface area contributed by atoms with Crippen molar-refractivity contribution in [3.63, 3.8) is 0 Å². The third kappa shape index (κ3) is 3.12. The number of esters is 1. The molecule has 3 rings (SSSR count). The van der Waals surface area contributed by atoms with Crippen LogP contribution in [0.5, 0.6) is 0 Å². The normalized spacial score (nSPS) is 16.1. The van der Waals surface area contributed by atoms with Crippen LogP contribution in [0.4, 0.5) is 5.69 Å². The van der Waals surface area contributed by atoms with Crippen LogP contribution in [0, 0.1) is 6.92 Å². The van der Waals surface area contributed by atoms with Gasteiger partial charge in [-0.05, 0) is 31.9 Å². The number of ether oxygens (including phenoxy) is 1. The number of rotatable bonds is 4. The first kappa shape index (κ1) is 16.4. The number of amides is 1. The van der Waals surface area contributed by atoms with Gasteiger partial charge < -0.3 is 9.64 Å². The van der Waals surface area contributed by atoms with Crippen molar-refractivity contribution < 1.29 is 14.3 Å². The van der Waals surface area contributed by atoms with Crippen LogP contribution >= 0.6 is 11.3 Å². The molecule has 1 aromatic heterocycles. The fourth-order valence-electron chi connectivity index (χ4n) is 2.93. The molecule has 1 atom stereocenters. The molecule has 0 bridgehead atoms. The molecule has 2 heterocycles. The number of carbonyl (C=O) groups excluding carboxylic acids is 2. The number of para-hydroxylation sites is 1. The average Bonchev–Trinajstić information content (AvgIpc) is 3.05. The SMILES string of the molecule is Cc1csc(=O)n1CC(=O)OCC(=O)N1c2ccccc2C[C@@H]1C. The maximum Gasteiger partial charge on any atom is 0.326 e. The van der Waals surface area contributed by atoms with E-state index < -0.39 is 5.97 Å². The van der Waals surface area contributed by atoms with Crippen molar-refractivity contribution in [3.05, 3.63) is 50.6 Å². The van der Waals surface area contributed by atoms with Crippen molar-refractivity contribution in [2.24, 2.45) is 0 Å². The van der Waals surface area contributed by atoms with Gasteiger partial charge in [0.1, 0.15) is 6.54 Å². The summed E-state index contributed by atoms with van der Waals surface area (Å²) in [7, 11) is 0. The van der Waals surface area contributed by atoms with Crippen LogP contribution in [-0.2, 0) is 27.3 Å². The minimum absolute atomic E-state index is 0.0374. The number of hydrogen-bond acceptors (Lipinski definition) is 5. The second-order valence-electron chi connectivity index (χ2n) is 5.84. The van der Waals surface area contributed by atoms with Gasteiger partial charge in [0.2, 0.25) is 0 Å². The lowest BCUT2D eigenvalue weighted by molar-refractivity contribution is -0.148. The second kappa shape index (κ2) is 6.60. The molecule has 1 amide bonds. The van der Waals surface area contributed by atoms with Crippen molar-refractivity contribution in [1.29, 1.82) is 0 Å². The molecule has 1 aliphatic heterocycles. The number of fused-ring (bicyclic) bond motifs is 1. The second-order valence-corrected chi connectivity index (χ2v) is 6.66. The first-order chi connectivity index (χ1) is 11.5. The third-order valence-electron chi connectivity index (χ3n) is 4.10. The fourth-order valence-corrected chi connectivity index (χ4v) is 3.66. The van der Waals surface area contributed by atoms with E-state index in [0.29, 0.717) is 5.69 Å². The Morgan fingerprint density at radius 2 is 2.08 bits per heavy atom. The first-order valence-electron chi connectivity index (χ1n) is 7.68. The Hall–Kier alpha value is -2.41. The van der Waals surface area contributed by atoms with Gasteiger partial charge in [0, 0.05) is 22.8 Å². The van der Waals surface area contributed by atoms with Crippen molar-refractivity contribution in [1.82, 2.24) is 4.57 Å². The smallest absolute Gasteiger partial charge is 0.326 e. The summed E-state index contributed by atoms with van der Waals surface area (Å²) >= 11 is 1.03. The molecule has 6 nitrogen and oxygen atoms in total. The summed E-state index contributed by atoms with van der Waals surface area (Å²) < 4.78 is 6.42. The fraction of sp³-hybridized carbons (Fsp3) is 0.353. The monoisotopic (exact) mass is 346 g/mol. The quantitative estimate of drug-likeness (QED) is 0.791. The highest BCUT2D eigenvalue weighted by atomic mass is 32.1. The van der Waals surface area contributed by atoms with E-state index in [1.807, 2.05) is 31.2 Å². The molecule has 126 valence electrons. The molecular formula is C17H18N2O4S. The lowest BCUT2D eigenvalue weighted by Gasteiger charge is -2.22. The van der Waals surface area contributed by atoms with Crippen LogP contribution in [0.15, 0.2) is 34.4 Å². The zero-order chi connectivity index (χ0) is 17.3. The Kier molecular flexibility index (Phi) is 4.53. The maximum atomic E-state index is 12.4. The minimum atomic E-state index is -0.591. The zero-order valence-corrected chi connectivity index (χ0v) is 14.3.